The first kappa shape index (κ1) is 17.8. The van der Waals surface area contributed by atoms with Gasteiger partial charge in [-0.15, -0.1) is 0 Å². The van der Waals surface area contributed by atoms with E-state index in [0.717, 1.165) is 16.9 Å². The van der Waals surface area contributed by atoms with E-state index in [2.05, 4.69) is 5.32 Å². The Morgan fingerprint density at radius 1 is 1.25 bits per heavy atom. The number of aliphatic hydroxyl groups excluding tert-OH is 1. The topological polar surface area (TPSA) is 61.8 Å². The molecule has 0 heterocycles. The van der Waals surface area contributed by atoms with Gasteiger partial charge in [-0.05, 0) is 37.1 Å². The molecule has 0 aliphatic heterocycles. The summed E-state index contributed by atoms with van der Waals surface area (Å²) in [6.07, 6.45) is 0.125. The van der Waals surface area contributed by atoms with Gasteiger partial charge in [-0.3, -0.25) is 0 Å². The maximum atomic E-state index is 12.2. The van der Waals surface area contributed by atoms with Crippen LogP contribution in [-0.2, 0) is 0 Å². The fourth-order valence-electron chi connectivity index (χ4n) is 2.35. The van der Waals surface area contributed by atoms with E-state index in [1.807, 2.05) is 48.5 Å². The molecular formula is C19H24N2O3. The maximum absolute atomic E-state index is 12.2. The Morgan fingerprint density at radius 3 is 2.71 bits per heavy atom. The van der Waals surface area contributed by atoms with Crippen LogP contribution in [0.25, 0.3) is 11.1 Å². The molecule has 5 nitrogen and oxygen atoms in total. The summed E-state index contributed by atoms with van der Waals surface area (Å²) in [4.78, 5) is 13.8. The van der Waals surface area contributed by atoms with Crippen molar-refractivity contribution in [2.45, 2.75) is 19.4 Å². The number of urea groups is 1. The molecule has 0 spiro atoms. The van der Waals surface area contributed by atoms with E-state index >= 15 is 0 Å². The average Bonchev–Trinajstić information content (AvgIpc) is 2.59. The van der Waals surface area contributed by atoms with Crippen LogP contribution in [0.15, 0.2) is 48.5 Å². The van der Waals surface area contributed by atoms with E-state index in [-0.39, 0.29) is 6.03 Å². The zero-order valence-corrected chi connectivity index (χ0v) is 14.3. The number of carbonyl (C=O) groups excluding carboxylic acids is 1. The molecule has 0 aliphatic rings. The first-order valence-corrected chi connectivity index (χ1v) is 7.95. The molecule has 0 bridgehead atoms. The highest BCUT2D eigenvalue weighted by Gasteiger charge is 2.11. The van der Waals surface area contributed by atoms with E-state index < -0.39 is 6.10 Å². The summed E-state index contributed by atoms with van der Waals surface area (Å²) >= 11 is 0. The molecule has 2 N–H and O–H groups in total. The molecule has 2 rings (SSSR count). The largest absolute Gasteiger partial charge is 0.496 e. The zero-order chi connectivity index (χ0) is 17.5. The first-order valence-electron chi connectivity index (χ1n) is 7.95. The summed E-state index contributed by atoms with van der Waals surface area (Å²) in [5.74, 6) is 0.787. The van der Waals surface area contributed by atoms with Crippen LogP contribution >= 0.6 is 0 Å². The molecule has 0 aromatic heterocycles. The Morgan fingerprint density at radius 2 is 2.00 bits per heavy atom. The van der Waals surface area contributed by atoms with Crippen LogP contribution in [-0.4, -0.2) is 42.8 Å². The number of nitrogens with zero attached hydrogens (tertiary/aromatic N) is 1. The molecule has 0 fully saturated rings. The molecule has 2 aromatic rings. The number of benzene rings is 2. The molecule has 0 saturated carbocycles. The number of rotatable bonds is 6. The molecule has 0 radical (unpaired) electrons. The van der Waals surface area contributed by atoms with Crippen LogP contribution in [0.1, 0.15) is 13.3 Å². The van der Waals surface area contributed by atoms with Crippen molar-refractivity contribution in [3.63, 3.8) is 0 Å². The van der Waals surface area contributed by atoms with E-state index in [0.29, 0.717) is 18.7 Å². The predicted molar refractivity (Wildman–Crippen MR) is 96.4 cm³/mol. The lowest BCUT2D eigenvalue weighted by Crippen LogP contribution is -2.33. The number of methoxy groups -OCH3 is 1. The van der Waals surface area contributed by atoms with Crippen molar-refractivity contribution < 1.29 is 14.6 Å². The van der Waals surface area contributed by atoms with Crippen LogP contribution in [0.2, 0.25) is 0 Å². The van der Waals surface area contributed by atoms with Crippen molar-refractivity contribution in [2.75, 3.05) is 26.0 Å². The highest BCUT2D eigenvalue weighted by atomic mass is 16.5. The van der Waals surface area contributed by atoms with Gasteiger partial charge in [0.15, 0.2) is 0 Å². The summed E-state index contributed by atoms with van der Waals surface area (Å²) in [7, 11) is 3.35. The molecule has 2 aromatic carbocycles. The third-order valence-electron chi connectivity index (χ3n) is 3.76. The number of ether oxygens (including phenoxy) is 1. The van der Waals surface area contributed by atoms with E-state index in [1.54, 1.807) is 26.0 Å². The summed E-state index contributed by atoms with van der Waals surface area (Å²) < 4.78 is 5.39. The minimum absolute atomic E-state index is 0.201. The second-order valence-corrected chi connectivity index (χ2v) is 5.77. The Hall–Kier alpha value is -2.53. The molecule has 5 heteroatoms. The molecule has 0 saturated heterocycles. The van der Waals surface area contributed by atoms with E-state index in [9.17, 15) is 9.90 Å². The second-order valence-electron chi connectivity index (χ2n) is 5.77. The highest BCUT2D eigenvalue weighted by molar-refractivity contribution is 5.90. The van der Waals surface area contributed by atoms with Gasteiger partial charge in [-0.1, -0.05) is 30.3 Å². The van der Waals surface area contributed by atoms with Gasteiger partial charge < -0.3 is 20.1 Å². The van der Waals surface area contributed by atoms with Crippen molar-refractivity contribution in [1.29, 1.82) is 0 Å². The smallest absolute Gasteiger partial charge is 0.321 e. The fraction of sp³-hybridized carbons (Fsp3) is 0.316. The predicted octanol–water partition coefficient (Wildman–Crippen LogP) is 3.60. The van der Waals surface area contributed by atoms with Crippen LogP contribution in [0, 0.1) is 0 Å². The SMILES string of the molecule is COc1ccccc1-c1cccc(NC(=O)N(C)CC[C@H](C)O)c1. The Labute approximate surface area is 142 Å². The van der Waals surface area contributed by atoms with Crippen molar-refractivity contribution in [3.05, 3.63) is 48.5 Å². The summed E-state index contributed by atoms with van der Waals surface area (Å²) in [6.45, 7) is 2.21. The van der Waals surface area contributed by atoms with Crippen LogP contribution in [0.3, 0.4) is 0 Å². The molecule has 0 aliphatic carbocycles. The highest BCUT2D eigenvalue weighted by Crippen LogP contribution is 2.30. The van der Waals surface area contributed by atoms with E-state index in [1.165, 1.54) is 0 Å². The lowest BCUT2D eigenvalue weighted by Gasteiger charge is -2.19. The van der Waals surface area contributed by atoms with Crippen molar-refractivity contribution in [2.24, 2.45) is 0 Å². The average molecular weight is 328 g/mol. The normalized spacial score (nSPS) is 11.7. The number of amides is 2. The fourth-order valence-corrected chi connectivity index (χ4v) is 2.35. The van der Waals surface area contributed by atoms with Gasteiger partial charge in [-0.2, -0.15) is 0 Å². The standard InChI is InChI=1S/C19H24N2O3/c1-14(22)11-12-21(2)19(23)20-16-8-6-7-15(13-16)17-9-4-5-10-18(17)24-3/h4-10,13-14,22H,11-12H2,1-3H3,(H,20,23)/t14-/m0/s1. The molecule has 0 unspecified atom stereocenters. The monoisotopic (exact) mass is 328 g/mol. The third kappa shape index (κ3) is 4.73. The maximum Gasteiger partial charge on any atom is 0.321 e. The van der Waals surface area contributed by atoms with Gasteiger partial charge in [-0.25, -0.2) is 4.79 Å². The lowest BCUT2D eigenvalue weighted by molar-refractivity contribution is 0.167. The van der Waals surface area contributed by atoms with Gasteiger partial charge in [0.1, 0.15) is 5.75 Å². The van der Waals surface area contributed by atoms with Crippen LogP contribution in [0.4, 0.5) is 10.5 Å². The first-order chi connectivity index (χ1) is 11.5. The second kappa shape index (κ2) is 8.36. The number of hydrogen-bond donors (Lipinski definition) is 2. The van der Waals surface area contributed by atoms with E-state index in [4.69, 9.17) is 4.74 Å². The molecule has 128 valence electrons. The van der Waals surface area contributed by atoms with Crippen LogP contribution in [0.5, 0.6) is 5.75 Å². The molecule has 2 amide bonds. The van der Waals surface area contributed by atoms with Gasteiger partial charge in [0.2, 0.25) is 0 Å². The number of anilines is 1. The minimum atomic E-state index is -0.422. The van der Waals surface area contributed by atoms with Crippen LogP contribution < -0.4 is 10.1 Å². The zero-order valence-electron chi connectivity index (χ0n) is 14.3. The number of carbonyl (C=O) groups is 1. The summed E-state index contributed by atoms with van der Waals surface area (Å²) in [5.41, 5.74) is 2.66. The van der Waals surface area contributed by atoms with Gasteiger partial charge in [0.25, 0.3) is 0 Å². The quantitative estimate of drug-likeness (QED) is 0.852. The number of aliphatic hydroxyl groups is 1. The summed E-state index contributed by atoms with van der Waals surface area (Å²) in [6, 6.07) is 15.2. The van der Waals surface area contributed by atoms with Gasteiger partial charge in [0.05, 0.1) is 13.2 Å². The number of nitrogens with one attached hydrogen (secondary N) is 1. The minimum Gasteiger partial charge on any atom is -0.496 e. The van der Waals surface area contributed by atoms with Gasteiger partial charge in [0, 0.05) is 24.8 Å². The molecular weight excluding hydrogens is 304 g/mol. The third-order valence-corrected chi connectivity index (χ3v) is 3.76. The lowest BCUT2D eigenvalue weighted by atomic mass is 10.0. The Kier molecular flexibility index (Phi) is 6.21. The summed E-state index contributed by atoms with van der Waals surface area (Å²) in [5, 5.41) is 12.2. The van der Waals surface area contributed by atoms with Crippen molar-refractivity contribution in [3.8, 4) is 16.9 Å². The number of hydrogen-bond acceptors (Lipinski definition) is 3. The molecule has 24 heavy (non-hydrogen) atoms. The Balaban J connectivity index is 2.12. The molecule has 1 atom stereocenters. The van der Waals surface area contributed by atoms with Crippen molar-refractivity contribution in [1.82, 2.24) is 4.90 Å². The van der Waals surface area contributed by atoms with Gasteiger partial charge >= 0.3 is 6.03 Å². The van der Waals surface area contributed by atoms with Crippen molar-refractivity contribution >= 4 is 11.7 Å². The number of para-hydroxylation sites is 1. The Bertz CT molecular complexity index is 686.